The minimum absolute atomic E-state index is 0.242. The summed E-state index contributed by atoms with van der Waals surface area (Å²) in [4.78, 5) is 35.7. The van der Waals surface area contributed by atoms with Gasteiger partial charge in [-0.2, -0.15) is 0 Å². The van der Waals surface area contributed by atoms with Gasteiger partial charge >= 0.3 is 5.97 Å². The minimum Gasteiger partial charge on any atom is -0.489 e. The fourth-order valence-corrected chi connectivity index (χ4v) is 2.47. The van der Waals surface area contributed by atoms with E-state index in [4.69, 9.17) is 14.0 Å². The van der Waals surface area contributed by atoms with Gasteiger partial charge in [0, 0.05) is 6.54 Å². The van der Waals surface area contributed by atoms with Crippen LogP contribution in [0.5, 0.6) is 5.75 Å². The second-order valence-electron chi connectivity index (χ2n) is 6.38. The molecule has 0 aliphatic heterocycles. The highest BCUT2D eigenvalue weighted by Crippen LogP contribution is 2.19. The van der Waals surface area contributed by atoms with Crippen LogP contribution in [0.4, 0.5) is 0 Å². The van der Waals surface area contributed by atoms with Gasteiger partial charge in [0.1, 0.15) is 24.2 Å². The van der Waals surface area contributed by atoms with Gasteiger partial charge in [0.15, 0.2) is 6.61 Å². The van der Waals surface area contributed by atoms with Crippen molar-refractivity contribution in [3.63, 3.8) is 0 Å². The second kappa shape index (κ2) is 10.3. The fraction of sp³-hybridized carbons (Fsp3) is 0.400. The molecule has 1 aromatic carbocycles. The Morgan fingerprint density at radius 1 is 1.24 bits per heavy atom. The number of likely N-dealkylation sites (N-methyl/N-ethyl adjacent to an activating group) is 1. The number of nitrogens with zero attached hydrogens (tertiary/aromatic N) is 1. The number of nitrogens with one attached hydrogen (secondary N) is 2. The Labute approximate surface area is 168 Å². The van der Waals surface area contributed by atoms with Gasteiger partial charge in [-0.15, -0.1) is 0 Å². The Morgan fingerprint density at radius 3 is 2.66 bits per heavy atom. The lowest BCUT2D eigenvalue weighted by atomic mass is 10.2. The lowest BCUT2D eigenvalue weighted by Crippen LogP contribution is -2.46. The highest BCUT2D eigenvalue weighted by molar-refractivity contribution is 5.92. The molecule has 0 radical (unpaired) electrons. The molecule has 9 heteroatoms. The van der Waals surface area contributed by atoms with Crippen molar-refractivity contribution in [1.82, 2.24) is 15.8 Å². The first kappa shape index (κ1) is 21.9. The summed E-state index contributed by atoms with van der Waals surface area (Å²) < 4.78 is 15.8. The van der Waals surface area contributed by atoms with E-state index in [2.05, 4.69) is 15.8 Å². The Morgan fingerprint density at radius 2 is 2.00 bits per heavy atom. The van der Waals surface area contributed by atoms with Crippen molar-refractivity contribution in [2.45, 2.75) is 40.3 Å². The molecule has 9 nitrogen and oxygen atoms in total. The molecule has 0 aliphatic rings. The van der Waals surface area contributed by atoms with Crippen LogP contribution in [0.15, 0.2) is 28.8 Å². The maximum absolute atomic E-state index is 12.2. The average molecular weight is 403 g/mol. The van der Waals surface area contributed by atoms with Gasteiger partial charge in [-0.05, 0) is 45.9 Å². The summed E-state index contributed by atoms with van der Waals surface area (Å²) in [5, 5.41) is 8.92. The molecule has 2 amide bonds. The van der Waals surface area contributed by atoms with E-state index in [1.807, 2.05) is 6.92 Å². The molecule has 0 aliphatic carbocycles. The zero-order chi connectivity index (χ0) is 21.4. The standard InChI is InChI=1S/C20H25N3O6/c1-5-21-19(25)13(3)22-18(24)11-28-20(26)15-7-6-8-16(9-15)27-10-17-12(2)23-29-14(17)4/h6-9,13H,5,10-11H2,1-4H3,(H,21,25)(H,22,24)/t13-/m1/s1. The summed E-state index contributed by atoms with van der Waals surface area (Å²) in [7, 11) is 0. The van der Waals surface area contributed by atoms with E-state index in [1.165, 1.54) is 6.07 Å². The average Bonchev–Trinajstić information content (AvgIpc) is 3.02. The predicted molar refractivity (Wildman–Crippen MR) is 103 cm³/mol. The quantitative estimate of drug-likeness (QED) is 0.611. The number of ether oxygens (including phenoxy) is 2. The molecule has 1 aromatic heterocycles. The number of carbonyl (C=O) groups excluding carboxylic acids is 3. The second-order valence-corrected chi connectivity index (χ2v) is 6.38. The van der Waals surface area contributed by atoms with E-state index in [9.17, 15) is 14.4 Å². The summed E-state index contributed by atoms with van der Waals surface area (Å²) in [6.07, 6.45) is 0. The zero-order valence-electron chi connectivity index (χ0n) is 16.9. The monoisotopic (exact) mass is 403 g/mol. The van der Waals surface area contributed by atoms with Crippen LogP contribution in [-0.2, 0) is 20.9 Å². The van der Waals surface area contributed by atoms with Crippen LogP contribution >= 0.6 is 0 Å². The van der Waals surface area contributed by atoms with Crippen molar-refractivity contribution in [3.8, 4) is 5.75 Å². The molecule has 2 aromatic rings. The molecule has 0 unspecified atom stereocenters. The van der Waals surface area contributed by atoms with Crippen LogP contribution in [0, 0.1) is 13.8 Å². The van der Waals surface area contributed by atoms with Crippen LogP contribution in [0.1, 0.15) is 41.2 Å². The van der Waals surface area contributed by atoms with Crippen molar-refractivity contribution in [1.29, 1.82) is 0 Å². The molecule has 2 rings (SSSR count). The van der Waals surface area contributed by atoms with Crippen LogP contribution in [0.3, 0.4) is 0 Å². The molecule has 0 saturated carbocycles. The number of carbonyl (C=O) groups is 3. The molecule has 29 heavy (non-hydrogen) atoms. The number of hydrogen-bond acceptors (Lipinski definition) is 7. The van der Waals surface area contributed by atoms with Crippen LogP contribution in [0.2, 0.25) is 0 Å². The summed E-state index contributed by atoms with van der Waals surface area (Å²) in [6.45, 7) is 7.16. The lowest BCUT2D eigenvalue weighted by Gasteiger charge is -2.13. The van der Waals surface area contributed by atoms with Crippen LogP contribution < -0.4 is 15.4 Å². The Kier molecular flexibility index (Phi) is 7.76. The van der Waals surface area contributed by atoms with Gasteiger partial charge in [0.05, 0.1) is 16.8 Å². The number of aryl methyl sites for hydroxylation is 2. The van der Waals surface area contributed by atoms with Gasteiger partial charge in [-0.1, -0.05) is 11.2 Å². The first-order chi connectivity index (χ1) is 13.8. The zero-order valence-corrected chi connectivity index (χ0v) is 16.9. The highest BCUT2D eigenvalue weighted by atomic mass is 16.5. The molecule has 1 heterocycles. The van der Waals surface area contributed by atoms with E-state index in [1.54, 1.807) is 39.0 Å². The van der Waals surface area contributed by atoms with E-state index in [0.29, 0.717) is 18.1 Å². The summed E-state index contributed by atoms with van der Waals surface area (Å²) >= 11 is 0. The Balaban J connectivity index is 1.87. The summed E-state index contributed by atoms with van der Waals surface area (Å²) in [5.41, 5.74) is 1.83. The number of esters is 1. The maximum atomic E-state index is 12.2. The first-order valence-electron chi connectivity index (χ1n) is 9.20. The molecule has 1 atom stereocenters. The molecule has 0 bridgehead atoms. The van der Waals surface area contributed by atoms with Crippen LogP contribution in [0.25, 0.3) is 0 Å². The van der Waals surface area contributed by atoms with Gasteiger partial charge in [-0.25, -0.2) is 4.79 Å². The van der Waals surface area contributed by atoms with Crippen LogP contribution in [-0.4, -0.2) is 42.1 Å². The minimum atomic E-state index is -0.720. The summed E-state index contributed by atoms with van der Waals surface area (Å²) in [5.74, 6) is -0.411. The van der Waals surface area contributed by atoms with E-state index in [-0.39, 0.29) is 18.1 Å². The predicted octanol–water partition coefficient (Wildman–Crippen LogP) is 1.67. The fourth-order valence-electron chi connectivity index (χ4n) is 2.47. The van der Waals surface area contributed by atoms with Gasteiger partial charge in [0.2, 0.25) is 5.91 Å². The number of amides is 2. The third kappa shape index (κ3) is 6.34. The number of benzene rings is 1. The van der Waals surface area contributed by atoms with E-state index < -0.39 is 24.5 Å². The Bertz CT molecular complexity index is 857. The van der Waals surface area contributed by atoms with Crippen molar-refractivity contribution in [2.75, 3.05) is 13.2 Å². The molecule has 0 fully saturated rings. The largest absolute Gasteiger partial charge is 0.489 e. The van der Waals surface area contributed by atoms with E-state index in [0.717, 1.165) is 11.3 Å². The summed E-state index contributed by atoms with van der Waals surface area (Å²) in [6, 6.07) is 5.71. The van der Waals surface area contributed by atoms with Gasteiger partial charge in [0.25, 0.3) is 5.91 Å². The number of rotatable bonds is 9. The van der Waals surface area contributed by atoms with Crippen molar-refractivity contribution in [3.05, 3.63) is 46.8 Å². The Hall–Kier alpha value is -3.36. The molecular formula is C20H25N3O6. The van der Waals surface area contributed by atoms with Crippen molar-refractivity contribution < 1.29 is 28.4 Å². The third-order valence-electron chi connectivity index (χ3n) is 4.09. The SMILES string of the molecule is CCNC(=O)[C@@H](C)NC(=O)COC(=O)c1cccc(OCc2c(C)noc2C)c1. The lowest BCUT2D eigenvalue weighted by molar-refractivity contribution is -0.130. The number of aromatic nitrogens is 1. The highest BCUT2D eigenvalue weighted by Gasteiger charge is 2.17. The van der Waals surface area contributed by atoms with E-state index >= 15 is 0 Å². The maximum Gasteiger partial charge on any atom is 0.338 e. The topological polar surface area (TPSA) is 120 Å². The normalized spacial score (nSPS) is 11.4. The molecule has 156 valence electrons. The number of hydrogen-bond donors (Lipinski definition) is 2. The van der Waals surface area contributed by atoms with Gasteiger partial charge < -0.3 is 24.6 Å². The van der Waals surface area contributed by atoms with Crippen molar-refractivity contribution in [2.24, 2.45) is 0 Å². The first-order valence-corrected chi connectivity index (χ1v) is 9.20. The third-order valence-corrected chi connectivity index (χ3v) is 4.09. The molecular weight excluding hydrogens is 378 g/mol. The molecule has 0 saturated heterocycles. The smallest absolute Gasteiger partial charge is 0.338 e. The molecule has 2 N–H and O–H groups in total. The van der Waals surface area contributed by atoms with Gasteiger partial charge in [-0.3, -0.25) is 9.59 Å². The van der Waals surface area contributed by atoms with Crippen molar-refractivity contribution >= 4 is 17.8 Å². The molecule has 0 spiro atoms.